The molecule has 0 saturated heterocycles. The van der Waals surface area contributed by atoms with Crippen molar-refractivity contribution in [2.24, 2.45) is 15.9 Å². The Balaban J connectivity index is 1.50. The first-order valence-electron chi connectivity index (χ1n) is 10.2. The molecular weight excluding hydrogens is 412 g/mol. The van der Waals surface area contributed by atoms with Crippen LogP contribution in [0.15, 0.2) is 58.5 Å². The number of nitrogens with zero attached hydrogens (tertiary/aromatic N) is 3. The zero-order valence-corrected chi connectivity index (χ0v) is 18.5. The minimum atomic E-state index is -0.413. The van der Waals surface area contributed by atoms with Crippen LogP contribution in [0.5, 0.6) is 5.75 Å². The van der Waals surface area contributed by atoms with Gasteiger partial charge >= 0.3 is 0 Å². The van der Waals surface area contributed by atoms with Crippen molar-refractivity contribution < 1.29 is 14.3 Å². The first-order valence-corrected chi connectivity index (χ1v) is 11.2. The number of amides is 2. The summed E-state index contributed by atoms with van der Waals surface area (Å²) < 4.78 is 5.42. The summed E-state index contributed by atoms with van der Waals surface area (Å²) in [6, 6.07) is 14.5. The molecular formula is C23H24N4O3S. The van der Waals surface area contributed by atoms with E-state index in [9.17, 15) is 9.59 Å². The molecule has 2 aromatic carbocycles. The molecule has 0 aliphatic carbocycles. The predicted octanol–water partition coefficient (Wildman–Crippen LogP) is 4.07. The minimum Gasteiger partial charge on any atom is -0.494 e. The van der Waals surface area contributed by atoms with E-state index in [1.807, 2.05) is 62.1 Å². The highest BCUT2D eigenvalue weighted by molar-refractivity contribution is 8.14. The number of amidine groups is 2. The van der Waals surface area contributed by atoms with E-state index in [4.69, 9.17) is 9.73 Å². The molecule has 2 aromatic rings. The molecule has 2 heterocycles. The molecule has 0 fully saturated rings. The number of fused-ring (bicyclic) bond motifs is 3. The van der Waals surface area contributed by atoms with Crippen molar-refractivity contribution >= 4 is 46.0 Å². The first kappa shape index (κ1) is 21.1. The van der Waals surface area contributed by atoms with E-state index < -0.39 is 6.04 Å². The van der Waals surface area contributed by atoms with Gasteiger partial charge in [-0.3, -0.25) is 14.5 Å². The maximum atomic E-state index is 12.6. The topological polar surface area (TPSA) is 83.4 Å². The van der Waals surface area contributed by atoms with E-state index in [1.54, 1.807) is 12.1 Å². The normalized spacial score (nSPS) is 17.1. The molecule has 2 amide bonds. The van der Waals surface area contributed by atoms with Crippen LogP contribution in [0.2, 0.25) is 0 Å². The monoisotopic (exact) mass is 436 g/mol. The van der Waals surface area contributed by atoms with Gasteiger partial charge in [0.1, 0.15) is 17.6 Å². The smallest absolute Gasteiger partial charge is 0.271 e. The number of aliphatic imine (C=N–C) groups is 2. The summed E-state index contributed by atoms with van der Waals surface area (Å²) in [5.41, 5.74) is 2.29. The Labute approximate surface area is 185 Å². The van der Waals surface area contributed by atoms with Gasteiger partial charge in [-0.05, 0) is 49.2 Å². The van der Waals surface area contributed by atoms with Crippen LogP contribution < -0.4 is 10.1 Å². The van der Waals surface area contributed by atoms with E-state index in [0.717, 1.165) is 17.0 Å². The zero-order valence-electron chi connectivity index (χ0n) is 17.7. The highest BCUT2D eigenvalue weighted by Gasteiger charge is 2.43. The Morgan fingerprint density at radius 2 is 1.90 bits per heavy atom. The molecule has 4 rings (SSSR count). The zero-order chi connectivity index (χ0) is 22.0. The number of benzene rings is 2. The van der Waals surface area contributed by atoms with Gasteiger partial charge in [-0.1, -0.05) is 37.7 Å². The summed E-state index contributed by atoms with van der Waals surface area (Å²) in [6.07, 6.45) is 0. The van der Waals surface area contributed by atoms with Gasteiger partial charge in [-0.25, -0.2) is 4.99 Å². The molecule has 160 valence electrons. The van der Waals surface area contributed by atoms with E-state index in [-0.39, 0.29) is 23.5 Å². The highest BCUT2D eigenvalue weighted by atomic mass is 32.2. The van der Waals surface area contributed by atoms with Crippen molar-refractivity contribution in [3.05, 3.63) is 54.1 Å². The lowest BCUT2D eigenvalue weighted by atomic mass is 10.0. The molecule has 1 atom stereocenters. The number of hydrogen-bond acceptors (Lipinski definition) is 6. The van der Waals surface area contributed by atoms with Crippen LogP contribution in [-0.4, -0.2) is 46.1 Å². The van der Waals surface area contributed by atoms with Crippen molar-refractivity contribution in [1.82, 2.24) is 4.90 Å². The minimum absolute atomic E-state index is 0.0579. The maximum Gasteiger partial charge on any atom is 0.271 e. The number of carbonyl (C=O) groups is 2. The SMILES string of the molecule is CCOc1ccc(NC(=O)CSC2=Nc3ccccc3C3=NC(=O)C(C(C)C)N23)cc1. The van der Waals surface area contributed by atoms with Gasteiger partial charge in [0.15, 0.2) is 5.17 Å². The van der Waals surface area contributed by atoms with E-state index in [1.165, 1.54) is 11.8 Å². The van der Waals surface area contributed by atoms with Crippen molar-refractivity contribution in [1.29, 1.82) is 0 Å². The number of rotatable bonds is 6. The standard InChI is InChI=1S/C23H24N4O3S/c1-4-30-16-11-9-15(10-12-16)24-19(28)13-31-23-25-18-8-6-5-7-17(18)21-26-22(29)20(14(2)3)27(21)23/h5-12,14,20H,4,13H2,1-3H3,(H,24,28). The van der Waals surface area contributed by atoms with Crippen LogP contribution in [0.3, 0.4) is 0 Å². The van der Waals surface area contributed by atoms with Crippen LogP contribution in [0.4, 0.5) is 11.4 Å². The number of carbonyl (C=O) groups excluding carboxylic acids is 2. The average molecular weight is 437 g/mol. The molecule has 31 heavy (non-hydrogen) atoms. The fraction of sp³-hybridized carbons (Fsp3) is 0.304. The van der Waals surface area contributed by atoms with E-state index in [0.29, 0.717) is 23.3 Å². The summed E-state index contributed by atoms with van der Waals surface area (Å²) in [7, 11) is 0. The predicted molar refractivity (Wildman–Crippen MR) is 124 cm³/mol. The summed E-state index contributed by atoms with van der Waals surface area (Å²) in [5, 5.41) is 3.50. The summed E-state index contributed by atoms with van der Waals surface area (Å²) in [4.78, 5) is 36.1. The molecule has 8 heteroatoms. The van der Waals surface area contributed by atoms with Crippen molar-refractivity contribution in [3.8, 4) is 5.75 Å². The summed E-state index contributed by atoms with van der Waals surface area (Å²) in [6.45, 7) is 6.49. The Kier molecular flexibility index (Phi) is 6.08. The Morgan fingerprint density at radius 1 is 1.16 bits per heavy atom. The molecule has 7 nitrogen and oxygen atoms in total. The van der Waals surface area contributed by atoms with Crippen LogP contribution >= 0.6 is 11.8 Å². The molecule has 0 spiro atoms. The lowest BCUT2D eigenvalue weighted by Gasteiger charge is -2.32. The molecule has 2 aliphatic heterocycles. The second kappa shape index (κ2) is 8.93. The van der Waals surface area contributed by atoms with Crippen LogP contribution in [0.1, 0.15) is 26.3 Å². The van der Waals surface area contributed by atoms with Gasteiger partial charge in [-0.15, -0.1) is 0 Å². The number of hydrogen-bond donors (Lipinski definition) is 1. The van der Waals surface area contributed by atoms with Gasteiger partial charge in [-0.2, -0.15) is 4.99 Å². The van der Waals surface area contributed by atoms with E-state index >= 15 is 0 Å². The van der Waals surface area contributed by atoms with Crippen molar-refractivity contribution in [2.75, 3.05) is 17.7 Å². The highest BCUT2D eigenvalue weighted by Crippen LogP contribution is 2.35. The van der Waals surface area contributed by atoms with Crippen molar-refractivity contribution in [3.63, 3.8) is 0 Å². The van der Waals surface area contributed by atoms with E-state index in [2.05, 4.69) is 10.3 Å². The second-order valence-corrected chi connectivity index (χ2v) is 8.48. The molecule has 0 saturated carbocycles. The second-order valence-electron chi connectivity index (χ2n) is 7.54. The quantitative estimate of drug-likeness (QED) is 0.738. The fourth-order valence-electron chi connectivity index (χ4n) is 3.60. The largest absolute Gasteiger partial charge is 0.494 e. The third-order valence-electron chi connectivity index (χ3n) is 4.96. The molecule has 0 aromatic heterocycles. The average Bonchev–Trinajstić information content (AvgIpc) is 3.11. The molecule has 1 N–H and O–H groups in total. The third-order valence-corrected chi connectivity index (χ3v) is 5.91. The Bertz CT molecular complexity index is 1060. The van der Waals surface area contributed by atoms with Gasteiger partial charge < -0.3 is 10.1 Å². The van der Waals surface area contributed by atoms with Gasteiger partial charge in [0, 0.05) is 11.3 Å². The van der Waals surface area contributed by atoms with Gasteiger partial charge in [0.2, 0.25) is 5.91 Å². The first-order chi connectivity index (χ1) is 15.0. The van der Waals surface area contributed by atoms with Crippen molar-refractivity contribution in [2.45, 2.75) is 26.8 Å². The molecule has 0 radical (unpaired) electrons. The molecule has 2 aliphatic rings. The van der Waals surface area contributed by atoms with Crippen LogP contribution in [0, 0.1) is 5.92 Å². The Morgan fingerprint density at radius 3 is 2.61 bits per heavy atom. The lowest BCUT2D eigenvalue weighted by molar-refractivity contribution is -0.120. The Hall–Kier alpha value is -3.13. The lowest BCUT2D eigenvalue weighted by Crippen LogP contribution is -2.46. The summed E-state index contributed by atoms with van der Waals surface area (Å²) in [5.74, 6) is 1.27. The number of para-hydroxylation sites is 1. The van der Waals surface area contributed by atoms with Crippen LogP contribution in [0.25, 0.3) is 0 Å². The fourth-order valence-corrected chi connectivity index (χ4v) is 4.43. The summed E-state index contributed by atoms with van der Waals surface area (Å²) >= 11 is 1.31. The van der Waals surface area contributed by atoms with Gasteiger partial charge in [0.05, 0.1) is 18.0 Å². The number of nitrogens with one attached hydrogen (secondary N) is 1. The maximum absolute atomic E-state index is 12.6. The van der Waals surface area contributed by atoms with Gasteiger partial charge in [0.25, 0.3) is 5.91 Å². The molecule has 0 bridgehead atoms. The number of ether oxygens (including phenoxy) is 1. The third kappa shape index (κ3) is 4.34. The number of thioether (sulfide) groups is 1. The van der Waals surface area contributed by atoms with Crippen LogP contribution in [-0.2, 0) is 9.59 Å². The molecule has 1 unspecified atom stereocenters. The number of anilines is 1.